The van der Waals surface area contributed by atoms with E-state index in [-0.39, 0.29) is 6.04 Å². The molecule has 3 heteroatoms. The van der Waals surface area contributed by atoms with Gasteiger partial charge in [-0.1, -0.05) is 12.5 Å². The average molecular weight is 263 g/mol. The van der Waals surface area contributed by atoms with E-state index in [2.05, 4.69) is 23.6 Å². The van der Waals surface area contributed by atoms with Crippen LogP contribution in [-0.2, 0) is 12.8 Å². The highest BCUT2D eigenvalue weighted by Crippen LogP contribution is 2.34. The Kier molecular flexibility index (Phi) is 3.32. The standard InChI is InChI=1S/C14H17NS2/c15-14(12-7-4-8-16-12)13-9-10-5-2-1-3-6-11(10)17-13/h4,7-9,14H,1-3,5-6,15H2. The molecule has 17 heavy (non-hydrogen) atoms. The number of rotatable bonds is 2. The lowest BCUT2D eigenvalue weighted by molar-refractivity contribution is 0.712. The molecular weight excluding hydrogens is 246 g/mol. The summed E-state index contributed by atoms with van der Waals surface area (Å²) < 4.78 is 0. The van der Waals surface area contributed by atoms with Crippen LogP contribution in [-0.4, -0.2) is 0 Å². The monoisotopic (exact) mass is 263 g/mol. The molecular formula is C14H17NS2. The van der Waals surface area contributed by atoms with E-state index in [1.807, 2.05) is 11.3 Å². The van der Waals surface area contributed by atoms with E-state index in [0.29, 0.717) is 0 Å². The number of hydrogen-bond donors (Lipinski definition) is 1. The third-order valence-electron chi connectivity index (χ3n) is 3.42. The molecule has 90 valence electrons. The SMILES string of the molecule is NC(c1cccs1)c1cc2c(s1)CCCCC2. The summed E-state index contributed by atoms with van der Waals surface area (Å²) in [5.74, 6) is 0. The highest BCUT2D eigenvalue weighted by atomic mass is 32.1. The van der Waals surface area contributed by atoms with E-state index >= 15 is 0 Å². The van der Waals surface area contributed by atoms with Crippen LogP contribution < -0.4 is 5.73 Å². The second-order valence-corrected chi connectivity index (χ2v) is 6.80. The molecule has 1 unspecified atom stereocenters. The zero-order valence-electron chi connectivity index (χ0n) is 9.82. The average Bonchev–Trinajstić information content (AvgIpc) is 2.95. The summed E-state index contributed by atoms with van der Waals surface area (Å²) in [6.07, 6.45) is 6.59. The van der Waals surface area contributed by atoms with Gasteiger partial charge in [-0.15, -0.1) is 22.7 Å². The Balaban J connectivity index is 1.89. The molecule has 0 aliphatic heterocycles. The topological polar surface area (TPSA) is 26.0 Å². The Hall–Kier alpha value is -0.640. The summed E-state index contributed by atoms with van der Waals surface area (Å²) in [6.45, 7) is 0. The van der Waals surface area contributed by atoms with Crippen molar-refractivity contribution in [3.63, 3.8) is 0 Å². The fourth-order valence-corrected chi connectivity index (χ4v) is 4.55. The van der Waals surface area contributed by atoms with Crippen molar-refractivity contribution in [2.45, 2.75) is 38.1 Å². The van der Waals surface area contributed by atoms with Crippen LogP contribution in [0.3, 0.4) is 0 Å². The lowest BCUT2D eigenvalue weighted by Crippen LogP contribution is -2.08. The molecule has 1 aliphatic carbocycles. The molecule has 2 N–H and O–H groups in total. The van der Waals surface area contributed by atoms with Crippen molar-refractivity contribution in [2.24, 2.45) is 5.73 Å². The van der Waals surface area contributed by atoms with Gasteiger partial charge in [0.1, 0.15) is 0 Å². The minimum atomic E-state index is 0.0897. The normalized spacial score (nSPS) is 17.5. The van der Waals surface area contributed by atoms with Gasteiger partial charge in [0.25, 0.3) is 0 Å². The first kappa shape index (κ1) is 11.5. The Bertz CT molecular complexity index is 461. The maximum Gasteiger partial charge on any atom is 0.0740 e. The van der Waals surface area contributed by atoms with Gasteiger partial charge in [-0.3, -0.25) is 0 Å². The first-order chi connectivity index (χ1) is 8.34. The van der Waals surface area contributed by atoms with E-state index in [4.69, 9.17) is 5.73 Å². The smallest absolute Gasteiger partial charge is 0.0740 e. The minimum Gasteiger partial charge on any atom is -0.319 e. The summed E-state index contributed by atoms with van der Waals surface area (Å²) in [5, 5.41) is 2.10. The van der Waals surface area contributed by atoms with Gasteiger partial charge in [0, 0.05) is 14.6 Å². The molecule has 1 atom stereocenters. The molecule has 0 radical (unpaired) electrons. The maximum absolute atomic E-state index is 6.33. The molecule has 2 aromatic heterocycles. The van der Waals surface area contributed by atoms with E-state index < -0.39 is 0 Å². The van der Waals surface area contributed by atoms with E-state index in [0.717, 1.165) is 0 Å². The Morgan fingerprint density at radius 1 is 1.12 bits per heavy atom. The van der Waals surface area contributed by atoms with Crippen molar-refractivity contribution < 1.29 is 0 Å². The van der Waals surface area contributed by atoms with Crippen LogP contribution in [0.15, 0.2) is 23.6 Å². The second kappa shape index (κ2) is 4.92. The van der Waals surface area contributed by atoms with Gasteiger partial charge in [0.05, 0.1) is 6.04 Å². The van der Waals surface area contributed by atoms with Crippen molar-refractivity contribution in [3.8, 4) is 0 Å². The lowest BCUT2D eigenvalue weighted by atomic mass is 10.1. The Morgan fingerprint density at radius 2 is 2.00 bits per heavy atom. The van der Waals surface area contributed by atoms with Crippen molar-refractivity contribution in [2.75, 3.05) is 0 Å². The summed E-state index contributed by atoms with van der Waals surface area (Å²) in [5.41, 5.74) is 7.90. The fraction of sp³-hybridized carbons (Fsp3) is 0.429. The van der Waals surface area contributed by atoms with Crippen LogP contribution in [0.5, 0.6) is 0 Å². The molecule has 0 fully saturated rings. The van der Waals surface area contributed by atoms with Crippen molar-refractivity contribution in [1.29, 1.82) is 0 Å². The van der Waals surface area contributed by atoms with Crippen LogP contribution in [0.4, 0.5) is 0 Å². The number of thiophene rings is 2. The number of aryl methyl sites for hydroxylation is 2. The Morgan fingerprint density at radius 3 is 2.82 bits per heavy atom. The summed E-state index contributed by atoms with van der Waals surface area (Å²) in [6, 6.07) is 6.67. The molecule has 0 saturated heterocycles. The van der Waals surface area contributed by atoms with E-state index in [9.17, 15) is 0 Å². The molecule has 0 bridgehead atoms. The maximum atomic E-state index is 6.33. The molecule has 0 spiro atoms. The second-order valence-electron chi connectivity index (χ2n) is 4.65. The van der Waals surface area contributed by atoms with Gasteiger partial charge in [-0.05, 0) is 48.8 Å². The van der Waals surface area contributed by atoms with E-state index in [1.54, 1.807) is 21.8 Å². The van der Waals surface area contributed by atoms with Gasteiger partial charge < -0.3 is 5.73 Å². The predicted molar refractivity (Wildman–Crippen MR) is 75.9 cm³/mol. The molecule has 0 amide bonds. The molecule has 2 aromatic rings. The molecule has 3 rings (SSSR count). The number of fused-ring (bicyclic) bond motifs is 1. The van der Waals surface area contributed by atoms with Crippen molar-refractivity contribution >= 4 is 22.7 Å². The minimum absolute atomic E-state index is 0.0897. The zero-order chi connectivity index (χ0) is 11.7. The highest BCUT2D eigenvalue weighted by Gasteiger charge is 2.17. The van der Waals surface area contributed by atoms with Crippen LogP contribution in [0.25, 0.3) is 0 Å². The third kappa shape index (κ3) is 2.32. The first-order valence-corrected chi connectivity index (χ1v) is 7.94. The van der Waals surface area contributed by atoms with Gasteiger partial charge in [0.2, 0.25) is 0 Å². The van der Waals surface area contributed by atoms with Gasteiger partial charge >= 0.3 is 0 Å². The van der Waals surface area contributed by atoms with Crippen molar-refractivity contribution in [3.05, 3.63) is 43.8 Å². The van der Waals surface area contributed by atoms with Crippen LogP contribution in [0.2, 0.25) is 0 Å². The molecule has 0 saturated carbocycles. The molecule has 2 heterocycles. The highest BCUT2D eigenvalue weighted by molar-refractivity contribution is 7.13. The Labute approximate surface area is 110 Å². The van der Waals surface area contributed by atoms with E-state index in [1.165, 1.54) is 41.9 Å². The zero-order valence-corrected chi connectivity index (χ0v) is 11.4. The first-order valence-electron chi connectivity index (χ1n) is 6.25. The summed E-state index contributed by atoms with van der Waals surface area (Å²) in [7, 11) is 0. The molecule has 1 nitrogen and oxygen atoms in total. The quantitative estimate of drug-likeness (QED) is 0.810. The summed E-state index contributed by atoms with van der Waals surface area (Å²) >= 11 is 3.69. The third-order valence-corrected chi connectivity index (χ3v) is 5.70. The summed E-state index contributed by atoms with van der Waals surface area (Å²) in [4.78, 5) is 4.21. The molecule has 0 aromatic carbocycles. The van der Waals surface area contributed by atoms with Crippen LogP contribution >= 0.6 is 22.7 Å². The lowest BCUT2D eigenvalue weighted by Gasteiger charge is -2.06. The van der Waals surface area contributed by atoms with Gasteiger partial charge in [0.15, 0.2) is 0 Å². The largest absolute Gasteiger partial charge is 0.319 e. The number of nitrogens with two attached hydrogens (primary N) is 1. The number of hydrogen-bond acceptors (Lipinski definition) is 3. The van der Waals surface area contributed by atoms with Gasteiger partial charge in [-0.25, -0.2) is 0 Å². The molecule has 1 aliphatic rings. The van der Waals surface area contributed by atoms with Crippen LogP contribution in [0.1, 0.15) is 45.5 Å². The van der Waals surface area contributed by atoms with Crippen molar-refractivity contribution in [1.82, 2.24) is 0 Å². The van der Waals surface area contributed by atoms with Gasteiger partial charge in [-0.2, -0.15) is 0 Å². The van der Waals surface area contributed by atoms with Crippen LogP contribution in [0, 0.1) is 0 Å². The fourth-order valence-electron chi connectivity index (χ4n) is 2.45. The predicted octanol–water partition coefficient (Wildman–Crippen LogP) is 4.13.